The SMILES string of the molecule is CCCC(C)(C)NC(=O)[C@@H]1CC[C@H](C(=O)O)O1. The van der Waals surface area contributed by atoms with Gasteiger partial charge in [0, 0.05) is 5.54 Å². The third-order valence-corrected chi connectivity index (χ3v) is 2.92. The normalized spacial score (nSPS) is 24.6. The van der Waals surface area contributed by atoms with Gasteiger partial charge in [0.25, 0.3) is 0 Å². The van der Waals surface area contributed by atoms with Crippen LogP contribution >= 0.6 is 0 Å². The van der Waals surface area contributed by atoms with E-state index in [1.807, 2.05) is 13.8 Å². The van der Waals surface area contributed by atoms with Gasteiger partial charge in [0.15, 0.2) is 6.10 Å². The molecule has 1 aliphatic heterocycles. The van der Waals surface area contributed by atoms with E-state index >= 15 is 0 Å². The van der Waals surface area contributed by atoms with Crippen LogP contribution < -0.4 is 5.32 Å². The van der Waals surface area contributed by atoms with Gasteiger partial charge in [-0.25, -0.2) is 4.79 Å². The number of rotatable bonds is 5. The van der Waals surface area contributed by atoms with Crippen molar-refractivity contribution in [2.75, 3.05) is 0 Å². The number of nitrogens with one attached hydrogen (secondary N) is 1. The van der Waals surface area contributed by atoms with Crippen LogP contribution in [0.4, 0.5) is 0 Å². The van der Waals surface area contributed by atoms with E-state index in [0.717, 1.165) is 12.8 Å². The number of aliphatic carboxylic acids is 1. The van der Waals surface area contributed by atoms with Crippen LogP contribution in [0.15, 0.2) is 0 Å². The predicted molar refractivity (Wildman–Crippen MR) is 62.7 cm³/mol. The van der Waals surface area contributed by atoms with E-state index in [1.54, 1.807) is 0 Å². The minimum atomic E-state index is -0.992. The zero-order valence-electron chi connectivity index (χ0n) is 10.7. The first kappa shape index (κ1) is 14.0. The molecule has 1 saturated heterocycles. The second-order valence-electron chi connectivity index (χ2n) is 5.15. The molecule has 1 aliphatic rings. The Morgan fingerprint density at radius 1 is 1.35 bits per heavy atom. The highest BCUT2D eigenvalue weighted by atomic mass is 16.5. The Morgan fingerprint density at radius 3 is 2.41 bits per heavy atom. The van der Waals surface area contributed by atoms with Gasteiger partial charge in [-0.2, -0.15) is 0 Å². The summed E-state index contributed by atoms with van der Waals surface area (Å²) < 4.78 is 5.20. The van der Waals surface area contributed by atoms with Crippen molar-refractivity contribution in [1.29, 1.82) is 0 Å². The molecule has 0 aromatic rings. The van der Waals surface area contributed by atoms with Crippen molar-refractivity contribution in [3.05, 3.63) is 0 Å². The van der Waals surface area contributed by atoms with Gasteiger partial charge in [-0.1, -0.05) is 13.3 Å². The van der Waals surface area contributed by atoms with Crippen molar-refractivity contribution >= 4 is 11.9 Å². The Kier molecular flexibility index (Phi) is 4.51. The van der Waals surface area contributed by atoms with Crippen LogP contribution in [0.1, 0.15) is 46.5 Å². The largest absolute Gasteiger partial charge is 0.479 e. The molecule has 17 heavy (non-hydrogen) atoms. The highest BCUT2D eigenvalue weighted by Crippen LogP contribution is 2.21. The quantitative estimate of drug-likeness (QED) is 0.763. The summed E-state index contributed by atoms with van der Waals surface area (Å²) in [6, 6.07) is 0. The minimum absolute atomic E-state index is 0.202. The number of amides is 1. The van der Waals surface area contributed by atoms with Crippen molar-refractivity contribution in [3.63, 3.8) is 0 Å². The van der Waals surface area contributed by atoms with Crippen molar-refractivity contribution < 1.29 is 19.4 Å². The summed E-state index contributed by atoms with van der Waals surface area (Å²) in [5, 5.41) is 11.7. The maximum atomic E-state index is 11.9. The Balaban J connectivity index is 2.47. The second-order valence-corrected chi connectivity index (χ2v) is 5.15. The van der Waals surface area contributed by atoms with Crippen LogP contribution in [0.5, 0.6) is 0 Å². The number of ether oxygens (including phenoxy) is 1. The number of carboxylic acid groups (broad SMARTS) is 1. The smallest absolute Gasteiger partial charge is 0.332 e. The lowest BCUT2D eigenvalue weighted by Gasteiger charge is -2.27. The number of hydrogen-bond donors (Lipinski definition) is 2. The molecule has 0 aromatic heterocycles. The number of carbonyl (C=O) groups is 2. The highest BCUT2D eigenvalue weighted by molar-refractivity contribution is 5.83. The summed E-state index contributed by atoms with van der Waals surface area (Å²) >= 11 is 0. The number of carboxylic acids is 1. The van der Waals surface area contributed by atoms with E-state index < -0.39 is 18.2 Å². The molecule has 1 fully saturated rings. The van der Waals surface area contributed by atoms with Crippen LogP contribution in [0.3, 0.4) is 0 Å². The molecule has 2 atom stereocenters. The Bertz CT molecular complexity index is 301. The third kappa shape index (κ3) is 4.00. The van der Waals surface area contributed by atoms with Crippen LogP contribution in [0.2, 0.25) is 0 Å². The summed E-state index contributed by atoms with van der Waals surface area (Å²) in [6.07, 6.45) is 1.30. The van der Waals surface area contributed by atoms with Crippen LogP contribution in [0.25, 0.3) is 0 Å². The monoisotopic (exact) mass is 243 g/mol. The lowest BCUT2D eigenvalue weighted by molar-refractivity contribution is -0.152. The molecule has 1 heterocycles. The Labute approximate surface area is 102 Å². The standard InChI is InChI=1S/C12H21NO4/c1-4-7-12(2,3)13-10(14)8-5-6-9(17-8)11(15)16/h8-9H,4-7H2,1-3H3,(H,13,14)(H,15,16)/t8-,9+/m0/s1. The zero-order chi connectivity index (χ0) is 13.1. The molecule has 0 aromatic carbocycles. The van der Waals surface area contributed by atoms with Gasteiger partial charge in [-0.3, -0.25) is 4.79 Å². The lowest BCUT2D eigenvalue weighted by Crippen LogP contribution is -2.47. The topological polar surface area (TPSA) is 75.6 Å². The predicted octanol–water partition coefficient (Wildman–Crippen LogP) is 1.31. The molecule has 2 N–H and O–H groups in total. The van der Waals surface area contributed by atoms with Crippen LogP contribution in [0, 0.1) is 0 Å². The molecular weight excluding hydrogens is 222 g/mol. The summed E-state index contributed by atoms with van der Waals surface area (Å²) in [5.41, 5.74) is -0.267. The molecule has 5 nitrogen and oxygen atoms in total. The summed E-state index contributed by atoms with van der Waals surface area (Å²) in [5.74, 6) is -1.19. The van der Waals surface area contributed by atoms with E-state index in [2.05, 4.69) is 12.2 Å². The molecule has 0 spiro atoms. The van der Waals surface area contributed by atoms with Gasteiger partial charge in [-0.05, 0) is 33.1 Å². The van der Waals surface area contributed by atoms with Gasteiger partial charge >= 0.3 is 5.97 Å². The molecule has 0 aliphatic carbocycles. The van der Waals surface area contributed by atoms with Crippen molar-refractivity contribution in [2.24, 2.45) is 0 Å². The first-order chi connectivity index (χ1) is 7.85. The summed E-state index contributed by atoms with van der Waals surface area (Å²) in [7, 11) is 0. The molecule has 98 valence electrons. The van der Waals surface area contributed by atoms with E-state index in [9.17, 15) is 9.59 Å². The molecule has 1 rings (SSSR count). The molecule has 1 amide bonds. The van der Waals surface area contributed by atoms with Crippen LogP contribution in [-0.2, 0) is 14.3 Å². The minimum Gasteiger partial charge on any atom is -0.479 e. The fourth-order valence-electron chi connectivity index (χ4n) is 2.11. The fourth-order valence-corrected chi connectivity index (χ4v) is 2.11. The number of carbonyl (C=O) groups excluding carboxylic acids is 1. The molecule has 0 bridgehead atoms. The van der Waals surface area contributed by atoms with Crippen molar-refractivity contribution in [3.8, 4) is 0 Å². The molecular formula is C12H21NO4. The van der Waals surface area contributed by atoms with Gasteiger partial charge in [0.05, 0.1) is 0 Å². The molecule has 5 heteroatoms. The Hall–Kier alpha value is -1.10. The lowest BCUT2D eigenvalue weighted by atomic mass is 9.98. The van der Waals surface area contributed by atoms with E-state index in [4.69, 9.17) is 9.84 Å². The first-order valence-corrected chi connectivity index (χ1v) is 6.06. The number of hydrogen-bond acceptors (Lipinski definition) is 3. The van der Waals surface area contributed by atoms with Crippen molar-refractivity contribution in [2.45, 2.75) is 64.2 Å². The van der Waals surface area contributed by atoms with E-state index in [0.29, 0.717) is 12.8 Å². The van der Waals surface area contributed by atoms with Gasteiger partial charge in [-0.15, -0.1) is 0 Å². The van der Waals surface area contributed by atoms with E-state index in [1.165, 1.54) is 0 Å². The molecule has 0 radical (unpaired) electrons. The summed E-state index contributed by atoms with van der Waals surface area (Å²) in [4.78, 5) is 22.6. The second kappa shape index (κ2) is 5.49. The average Bonchev–Trinajstić information content (AvgIpc) is 2.64. The first-order valence-electron chi connectivity index (χ1n) is 6.06. The maximum Gasteiger partial charge on any atom is 0.332 e. The Morgan fingerprint density at radius 2 is 1.94 bits per heavy atom. The maximum absolute atomic E-state index is 11.9. The van der Waals surface area contributed by atoms with Crippen molar-refractivity contribution in [1.82, 2.24) is 5.32 Å². The average molecular weight is 243 g/mol. The van der Waals surface area contributed by atoms with Gasteiger partial charge in [0.1, 0.15) is 6.10 Å². The molecule has 0 unspecified atom stereocenters. The van der Waals surface area contributed by atoms with Gasteiger partial charge < -0.3 is 15.2 Å². The summed E-state index contributed by atoms with van der Waals surface area (Å²) in [6.45, 7) is 5.97. The molecule has 0 saturated carbocycles. The zero-order valence-corrected chi connectivity index (χ0v) is 10.7. The fraction of sp³-hybridized carbons (Fsp3) is 0.833. The van der Waals surface area contributed by atoms with Crippen LogP contribution in [-0.4, -0.2) is 34.7 Å². The third-order valence-electron chi connectivity index (χ3n) is 2.92. The van der Waals surface area contributed by atoms with E-state index in [-0.39, 0.29) is 11.4 Å². The highest BCUT2D eigenvalue weighted by Gasteiger charge is 2.36. The van der Waals surface area contributed by atoms with Gasteiger partial charge in [0.2, 0.25) is 5.91 Å².